The van der Waals surface area contributed by atoms with Crippen LogP contribution in [0.4, 0.5) is 5.69 Å². The standard InChI is InChI=1S/C14H19N3O/c1-10(2)8-16-13(18)9-17-7-6-11-4-3-5-12(15)14(11)17/h3-7,10H,8-9,15H2,1-2H3,(H,16,18). The molecule has 0 unspecified atom stereocenters. The minimum Gasteiger partial charge on any atom is -0.397 e. The molecule has 0 aliphatic rings. The van der Waals surface area contributed by atoms with Crippen molar-refractivity contribution in [3.63, 3.8) is 0 Å². The molecule has 0 bridgehead atoms. The Balaban J connectivity index is 2.15. The summed E-state index contributed by atoms with van der Waals surface area (Å²) in [5.74, 6) is 0.477. The molecule has 0 atom stereocenters. The lowest BCUT2D eigenvalue weighted by molar-refractivity contribution is -0.121. The van der Waals surface area contributed by atoms with Gasteiger partial charge in [-0.15, -0.1) is 0 Å². The molecule has 0 saturated heterocycles. The highest BCUT2D eigenvalue weighted by atomic mass is 16.1. The fourth-order valence-corrected chi connectivity index (χ4v) is 1.95. The van der Waals surface area contributed by atoms with Crippen LogP contribution in [0.3, 0.4) is 0 Å². The van der Waals surface area contributed by atoms with E-state index in [-0.39, 0.29) is 5.91 Å². The zero-order valence-corrected chi connectivity index (χ0v) is 10.8. The second-order valence-corrected chi connectivity index (χ2v) is 4.93. The summed E-state index contributed by atoms with van der Waals surface area (Å²) >= 11 is 0. The van der Waals surface area contributed by atoms with Gasteiger partial charge in [0.2, 0.25) is 5.91 Å². The SMILES string of the molecule is CC(C)CNC(=O)Cn1ccc2cccc(N)c21. The Hall–Kier alpha value is -1.97. The Kier molecular flexibility index (Phi) is 3.55. The van der Waals surface area contributed by atoms with Crippen LogP contribution < -0.4 is 11.1 Å². The summed E-state index contributed by atoms with van der Waals surface area (Å²) in [6.07, 6.45) is 1.90. The number of nitrogens with one attached hydrogen (secondary N) is 1. The molecule has 0 aliphatic heterocycles. The van der Waals surface area contributed by atoms with E-state index in [1.165, 1.54) is 0 Å². The van der Waals surface area contributed by atoms with Crippen molar-refractivity contribution < 1.29 is 4.79 Å². The largest absolute Gasteiger partial charge is 0.397 e. The van der Waals surface area contributed by atoms with Crippen LogP contribution in [0.2, 0.25) is 0 Å². The number of nitrogen functional groups attached to an aromatic ring is 1. The Labute approximate surface area is 107 Å². The molecule has 1 aromatic carbocycles. The maximum Gasteiger partial charge on any atom is 0.239 e. The molecule has 1 amide bonds. The zero-order chi connectivity index (χ0) is 13.1. The lowest BCUT2D eigenvalue weighted by Gasteiger charge is -2.10. The van der Waals surface area contributed by atoms with E-state index in [2.05, 4.69) is 19.2 Å². The number of fused-ring (bicyclic) bond motifs is 1. The van der Waals surface area contributed by atoms with Gasteiger partial charge >= 0.3 is 0 Å². The summed E-state index contributed by atoms with van der Waals surface area (Å²) in [7, 11) is 0. The van der Waals surface area contributed by atoms with Crippen LogP contribution >= 0.6 is 0 Å². The van der Waals surface area contributed by atoms with Crippen molar-refractivity contribution >= 4 is 22.5 Å². The van der Waals surface area contributed by atoms with Crippen molar-refractivity contribution in [2.24, 2.45) is 5.92 Å². The van der Waals surface area contributed by atoms with Gasteiger partial charge in [-0.05, 0) is 18.1 Å². The summed E-state index contributed by atoms with van der Waals surface area (Å²) in [6, 6.07) is 7.74. The Morgan fingerprint density at radius 1 is 1.39 bits per heavy atom. The number of carbonyl (C=O) groups excluding carboxylic acids is 1. The molecule has 1 aromatic heterocycles. The Morgan fingerprint density at radius 2 is 2.17 bits per heavy atom. The smallest absolute Gasteiger partial charge is 0.239 e. The molecule has 0 spiro atoms. The molecule has 18 heavy (non-hydrogen) atoms. The van der Waals surface area contributed by atoms with Gasteiger partial charge in [-0.2, -0.15) is 0 Å². The van der Waals surface area contributed by atoms with Gasteiger partial charge in [-0.25, -0.2) is 0 Å². The average molecular weight is 245 g/mol. The normalized spacial score (nSPS) is 11.1. The number of nitrogens with two attached hydrogens (primary N) is 1. The highest BCUT2D eigenvalue weighted by Gasteiger charge is 2.08. The molecule has 96 valence electrons. The number of para-hydroxylation sites is 1. The van der Waals surface area contributed by atoms with Crippen molar-refractivity contribution in [3.8, 4) is 0 Å². The van der Waals surface area contributed by atoms with Gasteiger partial charge < -0.3 is 15.6 Å². The Morgan fingerprint density at radius 3 is 2.89 bits per heavy atom. The first kappa shape index (κ1) is 12.5. The molecular weight excluding hydrogens is 226 g/mol. The quantitative estimate of drug-likeness (QED) is 0.809. The monoisotopic (exact) mass is 245 g/mol. The summed E-state index contributed by atoms with van der Waals surface area (Å²) in [5, 5.41) is 3.97. The van der Waals surface area contributed by atoms with Crippen LogP contribution in [-0.2, 0) is 11.3 Å². The van der Waals surface area contributed by atoms with Gasteiger partial charge in [0, 0.05) is 18.1 Å². The maximum absolute atomic E-state index is 11.8. The predicted octanol–water partition coefficient (Wildman–Crippen LogP) is 2.00. The molecule has 0 radical (unpaired) electrons. The summed E-state index contributed by atoms with van der Waals surface area (Å²) in [6.45, 7) is 5.16. The molecule has 0 fully saturated rings. The van der Waals surface area contributed by atoms with Crippen LogP contribution in [0.1, 0.15) is 13.8 Å². The van der Waals surface area contributed by atoms with Crippen LogP contribution in [0.5, 0.6) is 0 Å². The highest BCUT2D eigenvalue weighted by molar-refractivity contribution is 5.91. The predicted molar refractivity (Wildman–Crippen MR) is 74.2 cm³/mol. The topological polar surface area (TPSA) is 60.0 Å². The van der Waals surface area contributed by atoms with E-state index < -0.39 is 0 Å². The van der Waals surface area contributed by atoms with Gasteiger partial charge in [0.05, 0.1) is 11.2 Å². The number of aromatic nitrogens is 1. The first-order valence-electron chi connectivity index (χ1n) is 6.18. The molecule has 0 saturated carbocycles. The van der Waals surface area contributed by atoms with Crippen molar-refractivity contribution in [3.05, 3.63) is 30.5 Å². The molecule has 1 heterocycles. The van der Waals surface area contributed by atoms with Crippen LogP contribution in [0.25, 0.3) is 10.9 Å². The minimum atomic E-state index is 0.0180. The van der Waals surface area contributed by atoms with E-state index in [1.807, 2.05) is 35.0 Å². The van der Waals surface area contributed by atoms with Crippen molar-refractivity contribution in [2.45, 2.75) is 20.4 Å². The summed E-state index contributed by atoms with van der Waals surface area (Å²) < 4.78 is 1.89. The number of hydrogen-bond donors (Lipinski definition) is 2. The number of rotatable bonds is 4. The van der Waals surface area contributed by atoms with Crippen molar-refractivity contribution in [1.29, 1.82) is 0 Å². The molecule has 2 rings (SSSR count). The first-order valence-corrected chi connectivity index (χ1v) is 6.18. The van der Waals surface area contributed by atoms with Gasteiger partial charge in [0.25, 0.3) is 0 Å². The minimum absolute atomic E-state index is 0.0180. The number of anilines is 1. The lowest BCUT2D eigenvalue weighted by atomic mass is 10.2. The third kappa shape index (κ3) is 2.64. The van der Waals surface area contributed by atoms with Gasteiger partial charge in [-0.1, -0.05) is 26.0 Å². The van der Waals surface area contributed by atoms with Crippen LogP contribution in [0.15, 0.2) is 30.5 Å². The highest BCUT2D eigenvalue weighted by Crippen LogP contribution is 2.21. The second-order valence-electron chi connectivity index (χ2n) is 4.93. The van der Waals surface area contributed by atoms with Crippen LogP contribution in [-0.4, -0.2) is 17.0 Å². The van der Waals surface area contributed by atoms with Gasteiger partial charge in [-0.3, -0.25) is 4.79 Å². The van der Waals surface area contributed by atoms with E-state index in [0.29, 0.717) is 24.7 Å². The summed E-state index contributed by atoms with van der Waals surface area (Å²) in [5.41, 5.74) is 7.58. The van der Waals surface area contributed by atoms with Crippen LogP contribution in [0, 0.1) is 5.92 Å². The number of benzene rings is 1. The average Bonchev–Trinajstić information content (AvgIpc) is 2.71. The van der Waals surface area contributed by atoms with E-state index in [1.54, 1.807) is 0 Å². The third-order valence-electron chi connectivity index (χ3n) is 2.84. The lowest BCUT2D eigenvalue weighted by Crippen LogP contribution is -2.30. The van der Waals surface area contributed by atoms with Gasteiger partial charge in [0.15, 0.2) is 0 Å². The van der Waals surface area contributed by atoms with E-state index >= 15 is 0 Å². The second kappa shape index (κ2) is 5.12. The van der Waals surface area contributed by atoms with Crippen molar-refractivity contribution in [1.82, 2.24) is 9.88 Å². The maximum atomic E-state index is 11.8. The number of carbonyl (C=O) groups is 1. The molecule has 0 aliphatic carbocycles. The summed E-state index contributed by atoms with van der Waals surface area (Å²) in [4.78, 5) is 11.8. The van der Waals surface area contributed by atoms with E-state index in [0.717, 1.165) is 10.9 Å². The molecule has 3 N–H and O–H groups in total. The first-order chi connectivity index (χ1) is 8.58. The molecular formula is C14H19N3O. The van der Waals surface area contributed by atoms with Crippen molar-refractivity contribution in [2.75, 3.05) is 12.3 Å². The number of hydrogen-bond acceptors (Lipinski definition) is 2. The zero-order valence-electron chi connectivity index (χ0n) is 10.8. The molecule has 2 aromatic rings. The van der Waals surface area contributed by atoms with E-state index in [4.69, 9.17) is 5.73 Å². The number of nitrogens with zero attached hydrogens (tertiary/aromatic N) is 1. The van der Waals surface area contributed by atoms with Gasteiger partial charge in [0.1, 0.15) is 6.54 Å². The third-order valence-corrected chi connectivity index (χ3v) is 2.84. The Bertz CT molecular complexity index is 557. The number of amides is 1. The fraction of sp³-hybridized carbons (Fsp3) is 0.357. The fourth-order valence-electron chi connectivity index (χ4n) is 1.95. The van der Waals surface area contributed by atoms with E-state index in [9.17, 15) is 4.79 Å². The molecule has 4 heteroatoms. The molecule has 4 nitrogen and oxygen atoms in total.